The summed E-state index contributed by atoms with van der Waals surface area (Å²) in [5.74, 6) is 0.861. The number of imidazole rings is 1. The highest BCUT2D eigenvalue weighted by molar-refractivity contribution is 5.63. The highest BCUT2D eigenvalue weighted by Gasteiger charge is 2.06. The minimum atomic E-state index is -0.0830. The molecule has 0 aliphatic rings. The molecule has 0 aliphatic heterocycles. The maximum Gasteiger partial charge on any atom is 0.153 e. The van der Waals surface area contributed by atoms with Crippen molar-refractivity contribution in [2.45, 2.75) is 13.5 Å². The lowest BCUT2D eigenvalue weighted by Gasteiger charge is -2.07. The molecule has 1 aromatic carbocycles. The van der Waals surface area contributed by atoms with E-state index in [1.807, 2.05) is 37.3 Å². The first-order chi connectivity index (χ1) is 9.71. The number of fused-ring (bicyclic) bond motifs is 1. The predicted octanol–water partition coefficient (Wildman–Crippen LogP) is 2.21. The van der Waals surface area contributed by atoms with Crippen LogP contribution in [0.15, 0.2) is 36.5 Å². The molecule has 2 aromatic heterocycles. The van der Waals surface area contributed by atoms with Crippen LogP contribution in [-0.2, 0) is 6.61 Å². The number of ether oxygens (including phenoxy) is 1. The van der Waals surface area contributed by atoms with Crippen molar-refractivity contribution < 1.29 is 9.84 Å². The second kappa shape index (κ2) is 4.94. The molecule has 0 bridgehead atoms. The van der Waals surface area contributed by atoms with Crippen LogP contribution in [0.3, 0.4) is 0 Å². The Bertz CT molecular complexity index is 765. The molecule has 3 aromatic rings. The maximum atomic E-state index is 9.10. The predicted molar refractivity (Wildman–Crippen MR) is 75.6 cm³/mol. The van der Waals surface area contributed by atoms with Crippen molar-refractivity contribution in [3.8, 4) is 17.0 Å². The summed E-state index contributed by atoms with van der Waals surface area (Å²) in [4.78, 5) is 4.24. The number of aryl methyl sites for hydroxylation is 1. The smallest absolute Gasteiger partial charge is 0.153 e. The Morgan fingerprint density at radius 2 is 2.10 bits per heavy atom. The average Bonchev–Trinajstić information content (AvgIpc) is 2.89. The first-order valence-electron chi connectivity index (χ1n) is 6.32. The maximum absolute atomic E-state index is 9.10. The van der Waals surface area contributed by atoms with Crippen molar-refractivity contribution >= 4 is 5.65 Å². The van der Waals surface area contributed by atoms with Crippen LogP contribution in [0.2, 0.25) is 0 Å². The van der Waals surface area contributed by atoms with Crippen LogP contribution in [0.25, 0.3) is 16.9 Å². The molecule has 102 valence electrons. The van der Waals surface area contributed by atoms with Crippen LogP contribution in [-0.4, -0.2) is 26.8 Å². The summed E-state index contributed by atoms with van der Waals surface area (Å²) in [5, 5.41) is 13.6. The van der Waals surface area contributed by atoms with Crippen LogP contribution < -0.4 is 4.74 Å². The van der Waals surface area contributed by atoms with Crippen molar-refractivity contribution in [1.82, 2.24) is 14.6 Å². The zero-order valence-corrected chi connectivity index (χ0v) is 11.4. The SMILES string of the molecule is COc1ccc(-c2ccc3nc(CO)cn3n2)cc1C. The van der Waals surface area contributed by atoms with E-state index in [2.05, 4.69) is 10.1 Å². The Morgan fingerprint density at radius 3 is 2.80 bits per heavy atom. The molecule has 5 nitrogen and oxygen atoms in total. The van der Waals surface area contributed by atoms with E-state index >= 15 is 0 Å². The Balaban J connectivity index is 2.07. The molecule has 3 rings (SSSR count). The Hall–Kier alpha value is -2.40. The molecule has 0 amide bonds. The molecule has 0 saturated heterocycles. The van der Waals surface area contributed by atoms with Crippen LogP contribution in [0.1, 0.15) is 11.3 Å². The van der Waals surface area contributed by atoms with Crippen LogP contribution in [0, 0.1) is 6.92 Å². The van der Waals surface area contributed by atoms with E-state index < -0.39 is 0 Å². The van der Waals surface area contributed by atoms with Gasteiger partial charge in [0, 0.05) is 5.56 Å². The van der Waals surface area contributed by atoms with Gasteiger partial charge in [-0.15, -0.1) is 0 Å². The third kappa shape index (κ3) is 2.12. The van der Waals surface area contributed by atoms with Gasteiger partial charge in [0.1, 0.15) is 5.75 Å². The highest BCUT2D eigenvalue weighted by atomic mass is 16.5. The molecule has 20 heavy (non-hydrogen) atoms. The highest BCUT2D eigenvalue weighted by Crippen LogP contribution is 2.24. The first kappa shape index (κ1) is 12.6. The Morgan fingerprint density at radius 1 is 1.25 bits per heavy atom. The fourth-order valence-corrected chi connectivity index (χ4v) is 2.20. The van der Waals surface area contributed by atoms with Crippen LogP contribution in [0.5, 0.6) is 5.75 Å². The minimum Gasteiger partial charge on any atom is -0.496 e. The van der Waals surface area contributed by atoms with E-state index in [1.165, 1.54) is 0 Å². The number of hydrogen-bond donors (Lipinski definition) is 1. The molecule has 0 aliphatic carbocycles. The molecular weight excluding hydrogens is 254 g/mol. The van der Waals surface area contributed by atoms with E-state index in [1.54, 1.807) is 17.8 Å². The number of aliphatic hydroxyl groups is 1. The van der Waals surface area contributed by atoms with E-state index in [4.69, 9.17) is 9.84 Å². The summed E-state index contributed by atoms with van der Waals surface area (Å²) in [6.45, 7) is 1.92. The van der Waals surface area contributed by atoms with Gasteiger partial charge in [-0.05, 0) is 42.8 Å². The van der Waals surface area contributed by atoms with Gasteiger partial charge in [-0.3, -0.25) is 0 Å². The summed E-state index contributed by atoms with van der Waals surface area (Å²) in [7, 11) is 1.66. The normalized spacial score (nSPS) is 10.9. The van der Waals surface area contributed by atoms with Crippen molar-refractivity contribution in [3.05, 3.63) is 47.8 Å². The number of aromatic nitrogens is 3. The standard InChI is InChI=1S/C15H15N3O2/c1-10-7-11(3-5-14(10)20-2)13-4-6-15-16-12(9-19)8-18(15)17-13/h3-8,19H,9H2,1-2H3. The van der Waals surface area contributed by atoms with Gasteiger partial charge in [0.05, 0.1) is 31.3 Å². The fraction of sp³-hybridized carbons (Fsp3) is 0.200. The van der Waals surface area contributed by atoms with Crippen molar-refractivity contribution in [2.75, 3.05) is 7.11 Å². The first-order valence-corrected chi connectivity index (χ1v) is 6.32. The molecule has 0 fully saturated rings. The van der Waals surface area contributed by atoms with Gasteiger partial charge in [-0.2, -0.15) is 5.10 Å². The second-order valence-electron chi connectivity index (χ2n) is 4.60. The zero-order valence-electron chi connectivity index (χ0n) is 11.4. The molecule has 0 atom stereocenters. The average molecular weight is 269 g/mol. The van der Waals surface area contributed by atoms with E-state index in [-0.39, 0.29) is 6.61 Å². The van der Waals surface area contributed by atoms with Gasteiger partial charge in [-0.1, -0.05) is 0 Å². The number of hydrogen-bond acceptors (Lipinski definition) is 4. The zero-order chi connectivity index (χ0) is 14.1. The van der Waals surface area contributed by atoms with Crippen molar-refractivity contribution in [2.24, 2.45) is 0 Å². The molecule has 0 saturated carbocycles. The summed E-state index contributed by atoms with van der Waals surface area (Å²) in [5.41, 5.74) is 4.27. The Kier molecular flexibility index (Phi) is 3.12. The number of aliphatic hydroxyl groups excluding tert-OH is 1. The summed E-state index contributed by atoms with van der Waals surface area (Å²) >= 11 is 0. The number of nitrogens with zero attached hydrogens (tertiary/aromatic N) is 3. The van der Waals surface area contributed by atoms with Crippen molar-refractivity contribution in [3.63, 3.8) is 0 Å². The molecule has 0 radical (unpaired) electrons. The summed E-state index contributed by atoms with van der Waals surface area (Å²) in [6, 6.07) is 9.76. The molecule has 0 spiro atoms. The molecule has 1 N–H and O–H groups in total. The van der Waals surface area contributed by atoms with Gasteiger partial charge in [0.25, 0.3) is 0 Å². The van der Waals surface area contributed by atoms with E-state index in [0.717, 1.165) is 28.2 Å². The van der Waals surface area contributed by atoms with Crippen LogP contribution in [0.4, 0.5) is 0 Å². The van der Waals surface area contributed by atoms with E-state index in [0.29, 0.717) is 5.69 Å². The lowest BCUT2D eigenvalue weighted by Crippen LogP contribution is -1.94. The molecule has 2 heterocycles. The fourth-order valence-electron chi connectivity index (χ4n) is 2.20. The monoisotopic (exact) mass is 269 g/mol. The number of rotatable bonds is 3. The molecular formula is C15H15N3O2. The quantitative estimate of drug-likeness (QED) is 0.792. The van der Waals surface area contributed by atoms with Gasteiger partial charge in [-0.25, -0.2) is 9.50 Å². The number of methoxy groups -OCH3 is 1. The Labute approximate surface area is 116 Å². The third-order valence-corrected chi connectivity index (χ3v) is 3.22. The number of benzene rings is 1. The van der Waals surface area contributed by atoms with E-state index in [9.17, 15) is 0 Å². The molecule has 5 heteroatoms. The topological polar surface area (TPSA) is 59.7 Å². The van der Waals surface area contributed by atoms with Gasteiger partial charge < -0.3 is 9.84 Å². The summed E-state index contributed by atoms with van der Waals surface area (Å²) in [6.07, 6.45) is 1.73. The van der Waals surface area contributed by atoms with Crippen LogP contribution >= 0.6 is 0 Å². The summed E-state index contributed by atoms with van der Waals surface area (Å²) < 4.78 is 6.94. The molecule has 0 unspecified atom stereocenters. The lowest BCUT2D eigenvalue weighted by molar-refractivity contribution is 0.277. The minimum absolute atomic E-state index is 0.0830. The van der Waals surface area contributed by atoms with Gasteiger partial charge in [0.15, 0.2) is 5.65 Å². The van der Waals surface area contributed by atoms with Gasteiger partial charge in [0.2, 0.25) is 0 Å². The second-order valence-corrected chi connectivity index (χ2v) is 4.60. The third-order valence-electron chi connectivity index (χ3n) is 3.22. The van der Waals surface area contributed by atoms with Gasteiger partial charge >= 0.3 is 0 Å². The lowest BCUT2D eigenvalue weighted by atomic mass is 10.1. The van der Waals surface area contributed by atoms with Crippen molar-refractivity contribution in [1.29, 1.82) is 0 Å². The largest absolute Gasteiger partial charge is 0.496 e.